The first-order valence-corrected chi connectivity index (χ1v) is 15.0. The zero-order valence-electron chi connectivity index (χ0n) is 23.5. The first kappa shape index (κ1) is 30.0. The summed E-state index contributed by atoms with van der Waals surface area (Å²) >= 11 is 2.13. The molecule has 2 heterocycles. The van der Waals surface area contributed by atoms with Crippen LogP contribution in [0.3, 0.4) is 0 Å². The maximum absolute atomic E-state index is 15.9. The highest BCUT2D eigenvalue weighted by Crippen LogP contribution is 2.44. The van der Waals surface area contributed by atoms with Gasteiger partial charge in [0.2, 0.25) is 0 Å². The van der Waals surface area contributed by atoms with Gasteiger partial charge in [-0.25, -0.2) is 9.18 Å². The Labute approximate surface area is 256 Å². The van der Waals surface area contributed by atoms with E-state index >= 15 is 4.39 Å². The quantitative estimate of drug-likeness (QED) is 0.141. The number of rotatable bonds is 10. The van der Waals surface area contributed by atoms with Crippen molar-refractivity contribution in [1.29, 1.82) is 0 Å². The number of nitrogens with zero attached hydrogens (tertiary/aromatic N) is 1. The molecule has 1 aliphatic rings. The lowest BCUT2D eigenvalue weighted by atomic mass is 9.80. The van der Waals surface area contributed by atoms with Crippen LogP contribution in [0, 0.1) is 12.8 Å². The van der Waals surface area contributed by atoms with Gasteiger partial charge in [0, 0.05) is 22.1 Å². The molecule has 10 heteroatoms. The minimum atomic E-state index is -1.49. The number of H-pyrrole nitrogens is 1. The normalized spacial score (nSPS) is 20.4. The first-order valence-electron chi connectivity index (χ1n) is 13.5. The number of alkyl halides is 2. The van der Waals surface area contributed by atoms with Gasteiger partial charge in [-0.1, -0.05) is 77.2 Å². The predicted octanol–water partition coefficient (Wildman–Crippen LogP) is 5.16. The molecule has 4 aromatic rings. The third-order valence-corrected chi connectivity index (χ3v) is 8.73. The monoisotopic (exact) mass is 686 g/mol. The second-order valence-corrected chi connectivity index (χ2v) is 11.0. The van der Waals surface area contributed by atoms with E-state index < -0.39 is 41.3 Å². The van der Waals surface area contributed by atoms with Crippen LogP contribution in [0.25, 0.3) is 0 Å². The van der Waals surface area contributed by atoms with Crippen molar-refractivity contribution in [3.8, 4) is 11.5 Å². The van der Waals surface area contributed by atoms with E-state index in [-0.39, 0.29) is 6.61 Å². The number of aromatic amines is 1. The van der Waals surface area contributed by atoms with Crippen molar-refractivity contribution in [3.63, 3.8) is 0 Å². The summed E-state index contributed by atoms with van der Waals surface area (Å²) in [4.78, 5) is 26.8. The van der Waals surface area contributed by atoms with Crippen LogP contribution in [0.4, 0.5) is 4.39 Å². The molecule has 0 amide bonds. The molecule has 0 saturated carbocycles. The van der Waals surface area contributed by atoms with E-state index in [4.69, 9.17) is 18.9 Å². The number of nitrogens with one attached hydrogen (secondary N) is 1. The molecule has 0 aliphatic carbocycles. The molecule has 1 N–H and O–H groups in total. The number of hydrogen-bond donors (Lipinski definition) is 1. The predicted molar refractivity (Wildman–Crippen MR) is 166 cm³/mol. The molecule has 3 aromatic carbocycles. The molecule has 4 atom stereocenters. The largest absolute Gasteiger partial charge is 0.497 e. The van der Waals surface area contributed by atoms with Crippen LogP contribution in [0.2, 0.25) is 0 Å². The number of hydrogen-bond acceptors (Lipinski definition) is 6. The Bertz CT molecular complexity index is 1560. The summed E-state index contributed by atoms with van der Waals surface area (Å²) in [5.74, 6) is 0.837. The van der Waals surface area contributed by atoms with E-state index in [0.717, 1.165) is 21.3 Å². The smallest absolute Gasteiger partial charge is 0.330 e. The lowest BCUT2D eigenvalue weighted by Crippen LogP contribution is -2.37. The second kappa shape index (κ2) is 12.8. The third kappa shape index (κ3) is 5.62. The molecule has 0 bridgehead atoms. The van der Waals surface area contributed by atoms with Gasteiger partial charge in [-0.15, -0.1) is 0 Å². The lowest BCUT2D eigenvalue weighted by Gasteiger charge is -2.37. The molecule has 0 spiro atoms. The van der Waals surface area contributed by atoms with Crippen LogP contribution in [-0.2, 0) is 15.1 Å². The molecule has 1 aliphatic heterocycles. The van der Waals surface area contributed by atoms with Gasteiger partial charge in [0.15, 0.2) is 12.4 Å². The Morgan fingerprint density at radius 1 is 0.905 bits per heavy atom. The molecular weight excluding hydrogens is 654 g/mol. The van der Waals surface area contributed by atoms with Crippen molar-refractivity contribution < 1.29 is 23.3 Å². The fraction of sp³-hybridized carbons (Fsp3) is 0.312. The molecule has 2 unspecified atom stereocenters. The van der Waals surface area contributed by atoms with Gasteiger partial charge in [0.25, 0.3) is 5.56 Å². The minimum absolute atomic E-state index is 0.0224. The number of benzene rings is 3. The molecular formula is C32H32FIN2O6. The maximum Gasteiger partial charge on any atom is 0.330 e. The Hall–Kier alpha value is -3.48. The van der Waals surface area contributed by atoms with Crippen molar-refractivity contribution in [1.82, 2.24) is 9.55 Å². The summed E-state index contributed by atoms with van der Waals surface area (Å²) in [7, 11) is 3.22. The van der Waals surface area contributed by atoms with Gasteiger partial charge >= 0.3 is 5.69 Å². The second-order valence-electron chi connectivity index (χ2n) is 10.1. The van der Waals surface area contributed by atoms with E-state index in [1.54, 1.807) is 21.1 Å². The number of ether oxygens (including phenoxy) is 4. The van der Waals surface area contributed by atoms with Crippen molar-refractivity contribution >= 4 is 22.6 Å². The summed E-state index contributed by atoms with van der Waals surface area (Å²) in [5.41, 5.74) is 0.495. The molecule has 5 rings (SSSR count). The van der Waals surface area contributed by atoms with Crippen LogP contribution in [-0.4, -0.2) is 47.1 Å². The highest BCUT2D eigenvalue weighted by Gasteiger charge is 2.48. The highest BCUT2D eigenvalue weighted by atomic mass is 127. The molecule has 1 saturated heterocycles. The SMILES string of the molecule is COc1ccc(C(OCC2OC(n3cc(C)c(=O)[nH]c3=O)[C@H](F)[C@@H]2CI)(c2ccccc2)c2ccc(OC)cc2)cc1. The number of aryl methyl sites for hydroxylation is 1. The van der Waals surface area contributed by atoms with E-state index in [1.165, 1.54) is 6.20 Å². The number of halogens is 2. The zero-order chi connectivity index (χ0) is 29.9. The number of methoxy groups -OCH3 is 2. The van der Waals surface area contributed by atoms with Crippen LogP contribution in [0.15, 0.2) is 94.6 Å². The van der Waals surface area contributed by atoms with Crippen LogP contribution < -0.4 is 20.7 Å². The molecule has 1 fully saturated rings. The van der Waals surface area contributed by atoms with Crippen LogP contribution >= 0.6 is 22.6 Å². The molecule has 8 nitrogen and oxygen atoms in total. The Morgan fingerprint density at radius 3 is 1.98 bits per heavy atom. The fourth-order valence-corrected chi connectivity index (χ4v) is 6.45. The lowest BCUT2D eigenvalue weighted by molar-refractivity contribution is -0.0864. The van der Waals surface area contributed by atoms with Gasteiger partial charge in [-0.3, -0.25) is 14.3 Å². The Morgan fingerprint density at radius 2 is 1.45 bits per heavy atom. The van der Waals surface area contributed by atoms with Crippen molar-refractivity contribution in [2.45, 2.75) is 31.0 Å². The highest BCUT2D eigenvalue weighted by molar-refractivity contribution is 14.1. The van der Waals surface area contributed by atoms with Crippen LogP contribution in [0.5, 0.6) is 11.5 Å². The average molecular weight is 687 g/mol. The van der Waals surface area contributed by atoms with Gasteiger partial charge < -0.3 is 18.9 Å². The molecule has 0 radical (unpaired) electrons. The Kier molecular flexibility index (Phi) is 9.14. The Balaban J connectivity index is 1.58. The fourth-order valence-electron chi connectivity index (χ4n) is 5.39. The van der Waals surface area contributed by atoms with Gasteiger partial charge in [0.05, 0.1) is 26.9 Å². The number of aromatic nitrogens is 2. The van der Waals surface area contributed by atoms with Crippen molar-refractivity contribution in [3.05, 3.63) is 128 Å². The first-order chi connectivity index (χ1) is 20.3. The maximum atomic E-state index is 15.9. The van der Waals surface area contributed by atoms with Gasteiger partial charge in [-0.2, -0.15) is 0 Å². The zero-order valence-corrected chi connectivity index (χ0v) is 25.6. The standard InChI is InChI=1S/C32H32FIN2O6/c1-20-18-36(31(38)35-29(20)37)30-28(33)26(17-34)27(42-30)19-41-32(21-7-5-4-6-8-21,22-9-13-24(39-2)14-10-22)23-11-15-25(40-3)16-12-23/h4-16,18,26-28,30H,17,19H2,1-3H3,(H,35,37,38)/t26-,27?,28-,30?/m1/s1. The third-order valence-electron chi connectivity index (χ3n) is 7.71. The van der Waals surface area contributed by atoms with E-state index in [9.17, 15) is 9.59 Å². The van der Waals surface area contributed by atoms with Crippen LogP contribution in [0.1, 0.15) is 28.5 Å². The van der Waals surface area contributed by atoms with E-state index in [1.807, 2.05) is 78.9 Å². The summed E-state index contributed by atoms with van der Waals surface area (Å²) in [5, 5.41) is 0. The summed E-state index contributed by atoms with van der Waals surface area (Å²) in [6, 6.07) is 25.1. The minimum Gasteiger partial charge on any atom is -0.497 e. The topological polar surface area (TPSA) is 91.8 Å². The van der Waals surface area contributed by atoms with Crippen molar-refractivity contribution in [2.24, 2.45) is 5.92 Å². The molecule has 220 valence electrons. The van der Waals surface area contributed by atoms with Gasteiger partial charge in [-0.05, 0) is 47.9 Å². The summed E-state index contributed by atoms with van der Waals surface area (Å²) in [6.45, 7) is 1.58. The average Bonchev–Trinajstić information content (AvgIpc) is 3.34. The molecule has 42 heavy (non-hydrogen) atoms. The molecule has 1 aromatic heterocycles. The van der Waals surface area contributed by atoms with E-state index in [0.29, 0.717) is 21.5 Å². The van der Waals surface area contributed by atoms with Crippen molar-refractivity contribution in [2.75, 3.05) is 25.3 Å². The van der Waals surface area contributed by atoms with E-state index in [2.05, 4.69) is 27.6 Å². The summed E-state index contributed by atoms with van der Waals surface area (Å²) in [6.07, 6.45) is -2.03. The van der Waals surface area contributed by atoms with Gasteiger partial charge in [0.1, 0.15) is 17.1 Å². The summed E-state index contributed by atoms with van der Waals surface area (Å²) < 4.78 is 41.4.